The first-order chi connectivity index (χ1) is 7.68. The maximum atomic E-state index is 3.47. The van der Waals surface area contributed by atoms with Crippen molar-refractivity contribution in [2.45, 2.75) is 19.4 Å². The molecule has 1 saturated heterocycles. The smallest absolute Gasteiger partial charge is 0.0518 e. The van der Waals surface area contributed by atoms with E-state index in [4.69, 9.17) is 0 Å². The van der Waals surface area contributed by atoms with Crippen LogP contribution in [-0.2, 0) is 0 Å². The summed E-state index contributed by atoms with van der Waals surface area (Å²) in [5.74, 6) is 0. The molecule has 1 fully saturated rings. The molecule has 4 heteroatoms. The van der Waals surface area contributed by atoms with Gasteiger partial charge in [-0.2, -0.15) is 0 Å². The van der Waals surface area contributed by atoms with Gasteiger partial charge in [-0.1, -0.05) is 0 Å². The van der Waals surface area contributed by atoms with Crippen LogP contribution in [0.15, 0.2) is 18.5 Å². The molecule has 1 aromatic heterocycles. The highest BCUT2D eigenvalue weighted by molar-refractivity contribution is 5.40. The van der Waals surface area contributed by atoms with Crippen LogP contribution in [0.5, 0.6) is 0 Å². The molecule has 0 atom stereocenters. The lowest BCUT2D eigenvalue weighted by Crippen LogP contribution is -2.56. The Hall–Kier alpha value is -1.00. The third-order valence-corrected chi connectivity index (χ3v) is 3.30. The molecule has 3 N–H and O–H groups in total. The Bertz CT molecular complexity index is 299. The molecule has 1 aliphatic rings. The van der Waals surface area contributed by atoms with E-state index in [-0.39, 0.29) is 5.54 Å². The molecule has 90 valence electrons. The first kappa shape index (κ1) is 11.5. The summed E-state index contributed by atoms with van der Waals surface area (Å²) in [6, 6.07) is 2.06. The fourth-order valence-corrected chi connectivity index (χ4v) is 2.13. The van der Waals surface area contributed by atoms with E-state index < -0.39 is 0 Å². The number of hydrogen-bond acceptors (Lipinski definition) is 3. The van der Waals surface area contributed by atoms with Crippen LogP contribution < -0.4 is 10.6 Å². The second kappa shape index (κ2) is 4.89. The monoisotopic (exact) mass is 222 g/mol. The van der Waals surface area contributed by atoms with Gasteiger partial charge in [0.15, 0.2) is 0 Å². The highest BCUT2D eigenvalue weighted by Crippen LogP contribution is 2.16. The molecule has 1 aliphatic heterocycles. The van der Waals surface area contributed by atoms with Crippen molar-refractivity contribution in [1.82, 2.24) is 15.2 Å². The fraction of sp³-hybridized carbons (Fsp3) is 0.667. The van der Waals surface area contributed by atoms with E-state index in [1.807, 2.05) is 12.4 Å². The summed E-state index contributed by atoms with van der Waals surface area (Å²) in [7, 11) is 0. The molecule has 2 heterocycles. The van der Waals surface area contributed by atoms with Crippen molar-refractivity contribution in [3.63, 3.8) is 0 Å². The predicted octanol–water partition coefficient (Wildman–Crippen LogP) is 1.11. The quantitative estimate of drug-likeness (QED) is 0.715. The molecule has 0 bridgehead atoms. The van der Waals surface area contributed by atoms with E-state index in [1.54, 1.807) is 0 Å². The number of aromatic amines is 1. The highest BCUT2D eigenvalue weighted by atomic mass is 15.2. The van der Waals surface area contributed by atoms with Gasteiger partial charge in [-0.05, 0) is 19.9 Å². The van der Waals surface area contributed by atoms with Gasteiger partial charge in [0.1, 0.15) is 0 Å². The number of nitrogens with zero attached hydrogens (tertiary/aromatic N) is 1. The summed E-state index contributed by atoms with van der Waals surface area (Å²) in [4.78, 5) is 5.60. The Morgan fingerprint density at radius 1 is 1.38 bits per heavy atom. The normalized spacial score (nSPS) is 18.6. The van der Waals surface area contributed by atoms with E-state index in [0.29, 0.717) is 0 Å². The second-order valence-electron chi connectivity index (χ2n) is 5.00. The molecule has 0 spiro atoms. The van der Waals surface area contributed by atoms with Crippen LogP contribution in [-0.4, -0.2) is 48.1 Å². The molecule has 0 radical (unpaired) electrons. The minimum atomic E-state index is 0.208. The molecule has 16 heavy (non-hydrogen) atoms. The Balaban J connectivity index is 1.86. The third-order valence-electron chi connectivity index (χ3n) is 3.30. The van der Waals surface area contributed by atoms with Crippen LogP contribution in [0, 0.1) is 0 Å². The van der Waals surface area contributed by atoms with Crippen LogP contribution in [0.1, 0.15) is 13.8 Å². The number of hydrogen-bond donors (Lipinski definition) is 3. The van der Waals surface area contributed by atoms with Gasteiger partial charge in [0, 0.05) is 50.7 Å². The van der Waals surface area contributed by atoms with Crippen LogP contribution in [0.3, 0.4) is 0 Å². The number of H-pyrrole nitrogens is 1. The largest absolute Gasteiger partial charge is 0.382 e. The van der Waals surface area contributed by atoms with Gasteiger partial charge < -0.3 is 15.6 Å². The minimum absolute atomic E-state index is 0.208. The van der Waals surface area contributed by atoms with Gasteiger partial charge in [-0.3, -0.25) is 4.90 Å². The zero-order valence-electron chi connectivity index (χ0n) is 10.2. The number of nitrogens with one attached hydrogen (secondary N) is 3. The summed E-state index contributed by atoms with van der Waals surface area (Å²) in [6.45, 7) is 10.1. The van der Waals surface area contributed by atoms with Crippen molar-refractivity contribution in [3.8, 4) is 0 Å². The average molecular weight is 222 g/mol. The van der Waals surface area contributed by atoms with Crippen molar-refractivity contribution in [2.24, 2.45) is 0 Å². The molecule has 2 rings (SSSR count). The van der Waals surface area contributed by atoms with Gasteiger partial charge >= 0.3 is 0 Å². The zero-order valence-corrected chi connectivity index (χ0v) is 10.2. The maximum Gasteiger partial charge on any atom is 0.0518 e. The summed E-state index contributed by atoms with van der Waals surface area (Å²) in [6.07, 6.45) is 3.94. The SMILES string of the molecule is CC(C)(CNc1cc[nH]c1)N1CCNCC1. The summed E-state index contributed by atoms with van der Waals surface area (Å²) in [5.41, 5.74) is 1.38. The lowest BCUT2D eigenvalue weighted by Gasteiger charge is -2.41. The zero-order chi connectivity index (χ0) is 11.4. The van der Waals surface area contributed by atoms with Gasteiger partial charge in [0.2, 0.25) is 0 Å². The van der Waals surface area contributed by atoms with Crippen molar-refractivity contribution in [3.05, 3.63) is 18.5 Å². The third kappa shape index (κ3) is 2.77. The number of aromatic nitrogens is 1. The highest BCUT2D eigenvalue weighted by Gasteiger charge is 2.27. The topological polar surface area (TPSA) is 43.1 Å². The van der Waals surface area contributed by atoms with Gasteiger partial charge in [0.25, 0.3) is 0 Å². The Morgan fingerprint density at radius 2 is 2.12 bits per heavy atom. The molecule has 0 amide bonds. The molecule has 0 saturated carbocycles. The first-order valence-electron chi connectivity index (χ1n) is 6.01. The molecule has 1 aromatic rings. The second-order valence-corrected chi connectivity index (χ2v) is 5.00. The van der Waals surface area contributed by atoms with E-state index in [2.05, 4.69) is 40.4 Å². The first-order valence-corrected chi connectivity index (χ1v) is 6.01. The summed E-state index contributed by atoms with van der Waals surface area (Å²) >= 11 is 0. The number of anilines is 1. The standard InChI is InChI=1S/C12H22N4/c1-12(2,16-7-5-13-6-8-16)10-15-11-3-4-14-9-11/h3-4,9,13-15H,5-8,10H2,1-2H3. The Morgan fingerprint density at radius 3 is 2.75 bits per heavy atom. The number of piperazine rings is 1. The van der Waals surface area contributed by atoms with E-state index in [0.717, 1.165) is 32.7 Å². The van der Waals surface area contributed by atoms with Crippen molar-refractivity contribution >= 4 is 5.69 Å². The predicted molar refractivity (Wildman–Crippen MR) is 67.8 cm³/mol. The fourth-order valence-electron chi connectivity index (χ4n) is 2.13. The molecular formula is C12H22N4. The summed E-state index contributed by atoms with van der Waals surface area (Å²) < 4.78 is 0. The maximum absolute atomic E-state index is 3.47. The van der Waals surface area contributed by atoms with Crippen LogP contribution in [0.2, 0.25) is 0 Å². The minimum Gasteiger partial charge on any atom is -0.382 e. The van der Waals surface area contributed by atoms with E-state index in [9.17, 15) is 0 Å². The van der Waals surface area contributed by atoms with E-state index >= 15 is 0 Å². The lowest BCUT2D eigenvalue weighted by molar-refractivity contribution is 0.114. The Kier molecular flexibility index (Phi) is 3.51. The van der Waals surface area contributed by atoms with Gasteiger partial charge in [0.05, 0.1) is 5.69 Å². The van der Waals surface area contributed by atoms with Gasteiger partial charge in [-0.15, -0.1) is 0 Å². The van der Waals surface area contributed by atoms with Gasteiger partial charge in [-0.25, -0.2) is 0 Å². The molecule has 0 aliphatic carbocycles. The molecule has 0 unspecified atom stereocenters. The van der Waals surface area contributed by atoms with Crippen molar-refractivity contribution in [1.29, 1.82) is 0 Å². The molecular weight excluding hydrogens is 200 g/mol. The van der Waals surface area contributed by atoms with E-state index in [1.165, 1.54) is 5.69 Å². The van der Waals surface area contributed by atoms with Crippen LogP contribution in [0.25, 0.3) is 0 Å². The average Bonchev–Trinajstić information content (AvgIpc) is 2.81. The van der Waals surface area contributed by atoms with Crippen molar-refractivity contribution in [2.75, 3.05) is 38.0 Å². The summed E-state index contributed by atoms with van der Waals surface area (Å²) in [5, 5.41) is 6.86. The lowest BCUT2D eigenvalue weighted by atomic mass is 10.0. The molecule has 4 nitrogen and oxygen atoms in total. The van der Waals surface area contributed by atoms with Crippen LogP contribution >= 0.6 is 0 Å². The Labute approximate surface area is 97.4 Å². The van der Waals surface area contributed by atoms with Crippen LogP contribution in [0.4, 0.5) is 5.69 Å². The van der Waals surface area contributed by atoms with Crippen molar-refractivity contribution < 1.29 is 0 Å². The molecule has 0 aromatic carbocycles. The number of rotatable bonds is 4.